The summed E-state index contributed by atoms with van der Waals surface area (Å²) in [6.45, 7) is -1.01. The number of fused-ring (bicyclic) bond motifs is 1. The van der Waals surface area contributed by atoms with Gasteiger partial charge in [0.25, 0.3) is 11.8 Å². The number of esters is 1. The third-order valence-corrected chi connectivity index (χ3v) is 5.05. The van der Waals surface area contributed by atoms with Crippen LogP contribution in [-0.4, -0.2) is 39.7 Å². The van der Waals surface area contributed by atoms with Gasteiger partial charge in [-0.2, -0.15) is 8.75 Å². The van der Waals surface area contributed by atoms with Gasteiger partial charge in [0.15, 0.2) is 13.2 Å². The first-order valence-corrected chi connectivity index (χ1v) is 10.7. The average Bonchev–Trinajstić information content (AvgIpc) is 3.33. The van der Waals surface area contributed by atoms with Crippen molar-refractivity contribution >= 4 is 51.9 Å². The number of carbonyl (C=O) groups excluding carboxylic acids is 3. The van der Waals surface area contributed by atoms with Crippen molar-refractivity contribution in [3.05, 3.63) is 78.1 Å². The molecule has 172 valence electrons. The highest BCUT2D eigenvalue weighted by molar-refractivity contribution is 7.00. The fourth-order valence-corrected chi connectivity index (χ4v) is 3.51. The zero-order chi connectivity index (χ0) is 23.9. The number of anilines is 2. The molecule has 4 rings (SSSR count). The van der Waals surface area contributed by atoms with Crippen molar-refractivity contribution in [2.24, 2.45) is 0 Å². The van der Waals surface area contributed by atoms with Crippen LogP contribution < -0.4 is 15.4 Å². The number of nitrogens with zero attached hydrogens (tertiary/aromatic N) is 2. The normalized spacial score (nSPS) is 10.5. The van der Waals surface area contributed by atoms with Crippen molar-refractivity contribution in [3.63, 3.8) is 0 Å². The summed E-state index contributed by atoms with van der Waals surface area (Å²) in [7, 11) is 0. The Labute approximate surface area is 196 Å². The van der Waals surface area contributed by atoms with Gasteiger partial charge in [0, 0.05) is 0 Å². The molecule has 0 saturated heterocycles. The van der Waals surface area contributed by atoms with E-state index in [9.17, 15) is 18.8 Å². The van der Waals surface area contributed by atoms with Gasteiger partial charge in [-0.3, -0.25) is 9.59 Å². The Morgan fingerprint density at radius 1 is 0.824 bits per heavy atom. The molecular formula is C23H17FN4O5S. The van der Waals surface area contributed by atoms with Crippen LogP contribution in [0.25, 0.3) is 11.0 Å². The van der Waals surface area contributed by atoms with Gasteiger partial charge in [0.2, 0.25) is 0 Å². The molecule has 2 amide bonds. The molecule has 0 saturated carbocycles. The Morgan fingerprint density at radius 3 is 2.38 bits per heavy atom. The number of halogens is 1. The van der Waals surface area contributed by atoms with E-state index in [0.717, 1.165) is 11.7 Å². The van der Waals surface area contributed by atoms with E-state index in [1.165, 1.54) is 30.3 Å². The van der Waals surface area contributed by atoms with Crippen LogP contribution in [0.1, 0.15) is 10.4 Å². The maximum Gasteiger partial charge on any atom is 0.342 e. The second-order valence-corrected chi connectivity index (χ2v) is 7.40. The average molecular weight is 480 g/mol. The highest BCUT2D eigenvalue weighted by atomic mass is 32.1. The molecular weight excluding hydrogens is 463 g/mol. The van der Waals surface area contributed by atoms with Gasteiger partial charge < -0.3 is 20.1 Å². The van der Waals surface area contributed by atoms with Gasteiger partial charge in [-0.1, -0.05) is 30.3 Å². The van der Waals surface area contributed by atoms with Crippen molar-refractivity contribution in [1.82, 2.24) is 8.75 Å². The molecule has 4 aromatic rings. The lowest BCUT2D eigenvalue weighted by Gasteiger charge is -2.12. The summed E-state index contributed by atoms with van der Waals surface area (Å²) in [5.74, 6) is -2.49. The van der Waals surface area contributed by atoms with Gasteiger partial charge in [0.1, 0.15) is 28.2 Å². The first-order chi connectivity index (χ1) is 16.5. The highest BCUT2D eigenvalue weighted by Crippen LogP contribution is 2.22. The minimum absolute atomic E-state index is 0.0129. The third-order valence-electron chi connectivity index (χ3n) is 4.51. The van der Waals surface area contributed by atoms with E-state index >= 15 is 0 Å². The molecule has 11 heteroatoms. The summed E-state index contributed by atoms with van der Waals surface area (Å²) in [6, 6.07) is 17.0. The maximum atomic E-state index is 13.7. The first-order valence-electron chi connectivity index (χ1n) is 9.96. The van der Waals surface area contributed by atoms with Crippen LogP contribution in [0.15, 0.2) is 66.7 Å². The molecule has 0 aliphatic heterocycles. The topological polar surface area (TPSA) is 120 Å². The fraction of sp³-hybridized carbons (Fsp3) is 0.0870. The zero-order valence-corrected chi connectivity index (χ0v) is 18.3. The highest BCUT2D eigenvalue weighted by Gasteiger charge is 2.17. The molecule has 0 atom stereocenters. The third kappa shape index (κ3) is 5.51. The predicted molar refractivity (Wildman–Crippen MR) is 123 cm³/mol. The van der Waals surface area contributed by atoms with Crippen molar-refractivity contribution in [2.45, 2.75) is 0 Å². The Bertz CT molecular complexity index is 1360. The lowest BCUT2D eigenvalue weighted by Crippen LogP contribution is -2.23. The van der Waals surface area contributed by atoms with Crippen molar-refractivity contribution in [3.8, 4) is 5.75 Å². The number of carbonyl (C=O) groups is 3. The first kappa shape index (κ1) is 22.8. The fourth-order valence-electron chi connectivity index (χ4n) is 2.96. The minimum atomic E-state index is -0.811. The Kier molecular flexibility index (Phi) is 7.04. The number of ether oxygens (including phenoxy) is 2. The van der Waals surface area contributed by atoms with Crippen molar-refractivity contribution in [1.29, 1.82) is 0 Å². The minimum Gasteiger partial charge on any atom is -0.483 e. The SMILES string of the molecule is O=C(COc1ccccc1C(=O)OCC(=O)Nc1cccc2nsnc12)Nc1ccccc1F. The molecule has 2 N–H and O–H groups in total. The second kappa shape index (κ2) is 10.5. The molecule has 0 unspecified atom stereocenters. The van der Waals surface area contributed by atoms with E-state index in [1.807, 2.05) is 0 Å². The number of hydrogen-bond donors (Lipinski definition) is 2. The van der Waals surface area contributed by atoms with Crippen LogP contribution in [0.2, 0.25) is 0 Å². The number of amides is 2. The second-order valence-electron chi connectivity index (χ2n) is 6.87. The molecule has 0 aliphatic carbocycles. The monoisotopic (exact) mass is 480 g/mol. The molecule has 1 aromatic heterocycles. The van der Waals surface area contributed by atoms with Crippen LogP contribution in [0.5, 0.6) is 5.75 Å². The Hall–Kier alpha value is -4.38. The number of rotatable bonds is 8. The van der Waals surface area contributed by atoms with E-state index in [4.69, 9.17) is 9.47 Å². The number of hydrogen-bond acceptors (Lipinski definition) is 8. The Balaban J connectivity index is 1.33. The largest absolute Gasteiger partial charge is 0.483 e. The van der Waals surface area contributed by atoms with E-state index in [2.05, 4.69) is 19.4 Å². The van der Waals surface area contributed by atoms with Crippen LogP contribution >= 0.6 is 11.7 Å². The molecule has 1 heterocycles. The molecule has 34 heavy (non-hydrogen) atoms. The van der Waals surface area contributed by atoms with Crippen molar-refractivity contribution in [2.75, 3.05) is 23.8 Å². The molecule has 0 fully saturated rings. The lowest BCUT2D eigenvalue weighted by atomic mass is 10.2. The Morgan fingerprint density at radius 2 is 1.53 bits per heavy atom. The molecule has 0 bridgehead atoms. The van der Waals surface area contributed by atoms with E-state index in [0.29, 0.717) is 16.7 Å². The standard InChI is InChI=1S/C23H17FN4O5S/c24-15-7-2-3-8-16(15)25-20(29)12-32-19-11-4-1-6-14(19)23(31)33-13-21(30)26-17-9-5-10-18-22(17)28-34-27-18/h1-11H,12-13H2,(H,25,29)(H,26,30). The van der Waals surface area contributed by atoms with Crippen molar-refractivity contribution < 1.29 is 28.2 Å². The van der Waals surface area contributed by atoms with Crippen LogP contribution in [0, 0.1) is 5.82 Å². The number of aromatic nitrogens is 2. The summed E-state index contributed by atoms with van der Waals surface area (Å²) in [5, 5.41) is 5.02. The van der Waals surface area contributed by atoms with Gasteiger partial charge in [-0.25, -0.2) is 9.18 Å². The summed E-state index contributed by atoms with van der Waals surface area (Å²) in [6.07, 6.45) is 0. The smallest absolute Gasteiger partial charge is 0.342 e. The van der Waals surface area contributed by atoms with Gasteiger partial charge in [0.05, 0.1) is 23.1 Å². The number of para-hydroxylation sites is 2. The molecule has 0 spiro atoms. The van der Waals surface area contributed by atoms with E-state index in [1.54, 1.807) is 36.4 Å². The van der Waals surface area contributed by atoms with Crippen LogP contribution in [-0.2, 0) is 14.3 Å². The zero-order valence-electron chi connectivity index (χ0n) is 17.5. The molecule has 0 radical (unpaired) electrons. The van der Waals surface area contributed by atoms with Gasteiger partial charge >= 0.3 is 5.97 Å². The summed E-state index contributed by atoms with van der Waals surface area (Å²) >= 11 is 1.02. The number of benzene rings is 3. The maximum absolute atomic E-state index is 13.7. The van der Waals surface area contributed by atoms with Crippen LogP contribution in [0.4, 0.5) is 15.8 Å². The quantitative estimate of drug-likeness (QED) is 0.370. The van der Waals surface area contributed by atoms with Gasteiger partial charge in [-0.05, 0) is 36.4 Å². The molecule has 3 aromatic carbocycles. The van der Waals surface area contributed by atoms with Crippen LogP contribution in [0.3, 0.4) is 0 Å². The van der Waals surface area contributed by atoms with Gasteiger partial charge in [-0.15, -0.1) is 0 Å². The predicted octanol–water partition coefficient (Wildman–Crippen LogP) is 3.64. The lowest BCUT2D eigenvalue weighted by molar-refractivity contribution is -0.119. The molecule has 0 aliphatic rings. The van der Waals surface area contributed by atoms with E-state index in [-0.39, 0.29) is 17.0 Å². The summed E-state index contributed by atoms with van der Waals surface area (Å²) in [5.41, 5.74) is 1.68. The number of nitrogens with one attached hydrogen (secondary N) is 2. The summed E-state index contributed by atoms with van der Waals surface area (Å²) in [4.78, 5) is 36.9. The summed E-state index contributed by atoms with van der Waals surface area (Å²) < 4.78 is 32.4. The molecule has 9 nitrogen and oxygen atoms in total. The van der Waals surface area contributed by atoms with E-state index < -0.39 is 36.8 Å².